The van der Waals surface area contributed by atoms with Crippen LogP contribution in [0, 0.1) is 13.8 Å². The first-order valence-electron chi connectivity index (χ1n) is 11.1. The summed E-state index contributed by atoms with van der Waals surface area (Å²) < 4.78 is 58.1. The van der Waals surface area contributed by atoms with Crippen molar-refractivity contribution in [3.8, 4) is 22.6 Å². The molecule has 38 heavy (non-hydrogen) atoms. The summed E-state index contributed by atoms with van der Waals surface area (Å²) >= 11 is -2.80. The third-order valence-electron chi connectivity index (χ3n) is 5.90. The zero-order chi connectivity index (χ0) is 27.8. The van der Waals surface area contributed by atoms with Crippen molar-refractivity contribution in [1.29, 1.82) is 0 Å². The molecule has 0 aliphatic heterocycles. The first kappa shape index (κ1) is 27.0. The highest BCUT2D eigenvalue weighted by Crippen LogP contribution is 2.46. The third-order valence-corrected chi connectivity index (χ3v) is 7.05. The van der Waals surface area contributed by atoms with E-state index in [0.29, 0.717) is 5.69 Å². The number of nitrogens with one attached hydrogen (secondary N) is 1. The van der Waals surface area contributed by atoms with Crippen LogP contribution >= 0.6 is 0 Å². The Balaban J connectivity index is 1.79. The van der Waals surface area contributed by atoms with Crippen molar-refractivity contribution in [1.82, 2.24) is 0 Å². The summed E-state index contributed by atoms with van der Waals surface area (Å²) in [6.07, 6.45) is 0. The zero-order valence-electron chi connectivity index (χ0n) is 20.5. The fourth-order valence-electron chi connectivity index (χ4n) is 4.05. The van der Waals surface area contributed by atoms with Gasteiger partial charge in [-0.05, 0) is 84.0 Å². The minimum Gasteiger partial charge on any atom is -0.505 e. The van der Waals surface area contributed by atoms with Crippen molar-refractivity contribution in [3.63, 3.8) is 0 Å². The van der Waals surface area contributed by atoms with E-state index in [1.807, 2.05) is 45.2 Å². The van der Waals surface area contributed by atoms with E-state index in [9.17, 15) is 26.8 Å². The summed E-state index contributed by atoms with van der Waals surface area (Å²) in [6, 6.07) is 14.7. The van der Waals surface area contributed by atoms with Gasteiger partial charge in [0.15, 0.2) is 17.2 Å². The number of hydrogen-bond donors (Lipinski definition) is 5. The normalized spacial score (nSPS) is 12.7. The predicted octanol–water partition coefficient (Wildman–Crippen LogP) is 5.63. The van der Waals surface area contributed by atoms with Gasteiger partial charge >= 0.3 is 11.4 Å². The van der Waals surface area contributed by atoms with Crippen molar-refractivity contribution in [2.75, 3.05) is 18.1 Å². The first-order chi connectivity index (χ1) is 17.9. The van der Waals surface area contributed by atoms with Crippen molar-refractivity contribution < 1.29 is 31.0 Å². The Hall–Kier alpha value is -4.04. The largest absolute Gasteiger partial charge is 0.505 e. The number of nitrogens with two attached hydrogens (primary N) is 1. The van der Waals surface area contributed by atoms with Crippen LogP contribution in [0.25, 0.3) is 21.9 Å². The number of nitrogens with zero attached hydrogens (tertiary/aromatic N) is 2. The second-order valence-corrected chi connectivity index (χ2v) is 10.5. The Bertz CT molecular complexity index is 1740. The van der Waals surface area contributed by atoms with E-state index in [-0.39, 0.29) is 27.9 Å². The molecular weight excluding hydrogens is 532 g/mol. The van der Waals surface area contributed by atoms with Crippen molar-refractivity contribution in [2.45, 2.75) is 18.7 Å². The quantitative estimate of drug-likeness (QED) is 0.0832. The topological polar surface area (TPSA) is 184 Å². The van der Waals surface area contributed by atoms with Gasteiger partial charge in [-0.2, -0.15) is 17.7 Å². The molecule has 0 aliphatic rings. The molecule has 4 rings (SSSR count). The zero-order valence-corrected chi connectivity index (χ0v) is 22.1. The number of azo groups is 1. The Labute approximate surface area is 221 Å². The molecule has 4 aromatic rings. The van der Waals surface area contributed by atoms with E-state index >= 15 is 0 Å². The van der Waals surface area contributed by atoms with Gasteiger partial charge in [-0.1, -0.05) is 12.1 Å². The van der Waals surface area contributed by atoms with Gasteiger partial charge in [-0.25, -0.2) is 0 Å². The smallest absolute Gasteiger partial charge is 0.357 e. The number of nitrogen functional groups attached to an aromatic ring is 1. The number of phenolic OH excluding ortho intramolecular Hbond substituents is 1. The molecule has 0 spiro atoms. The van der Waals surface area contributed by atoms with E-state index in [4.69, 9.17) is 9.92 Å². The lowest BCUT2D eigenvalue weighted by Crippen LogP contribution is -2.01. The minimum atomic E-state index is -4.61. The summed E-state index contributed by atoms with van der Waals surface area (Å²) in [7, 11) is -2.75. The molecule has 0 saturated heterocycles. The molecule has 6 N–H and O–H groups in total. The number of anilines is 2. The predicted molar refractivity (Wildman–Crippen MR) is 146 cm³/mol. The Kier molecular flexibility index (Phi) is 7.37. The molecule has 0 aromatic heterocycles. The van der Waals surface area contributed by atoms with Crippen LogP contribution in [0.3, 0.4) is 0 Å². The van der Waals surface area contributed by atoms with Gasteiger partial charge in [-0.15, -0.1) is 5.11 Å². The number of phenols is 1. The van der Waals surface area contributed by atoms with Gasteiger partial charge in [0.25, 0.3) is 10.1 Å². The maximum absolute atomic E-state index is 11.6. The van der Waals surface area contributed by atoms with Crippen molar-refractivity contribution >= 4 is 55.0 Å². The number of aryl methyl sites for hydroxylation is 2. The molecule has 0 saturated carbocycles. The fourth-order valence-corrected chi connectivity index (χ4v) is 4.88. The lowest BCUT2D eigenvalue weighted by Gasteiger charge is -2.12. The maximum atomic E-state index is 11.6. The van der Waals surface area contributed by atoms with Gasteiger partial charge in [0.05, 0.1) is 10.6 Å². The molecule has 0 aliphatic carbocycles. The summed E-state index contributed by atoms with van der Waals surface area (Å²) in [5, 5.41) is 22.3. The van der Waals surface area contributed by atoms with Gasteiger partial charge < -0.3 is 20.3 Å². The number of rotatable bonds is 7. The lowest BCUT2D eigenvalue weighted by molar-refractivity contribution is 0.452. The molecule has 0 heterocycles. The lowest BCUT2D eigenvalue weighted by atomic mass is 10.00. The molecule has 0 amide bonds. The minimum absolute atomic E-state index is 0.00474. The summed E-state index contributed by atoms with van der Waals surface area (Å²) in [6.45, 7) is 3.85. The summed E-state index contributed by atoms with van der Waals surface area (Å²) in [5.41, 5.74) is 10.8. The molecule has 0 radical (unpaired) electrons. The molecule has 11 nitrogen and oxygen atoms in total. The highest BCUT2D eigenvalue weighted by molar-refractivity contribution is 7.85. The second kappa shape index (κ2) is 10.4. The van der Waals surface area contributed by atoms with Gasteiger partial charge in [0, 0.05) is 23.8 Å². The van der Waals surface area contributed by atoms with E-state index in [0.717, 1.165) is 46.1 Å². The van der Waals surface area contributed by atoms with Crippen LogP contribution in [-0.2, 0) is 21.5 Å². The Morgan fingerprint density at radius 3 is 2.21 bits per heavy atom. The number of benzene rings is 4. The number of hydrogen-bond acceptors (Lipinski definition) is 9. The maximum Gasteiger partial charge on any atom is 0.357 e. The van der Waals surface area contributed by atoms with E-state index in [1.54, 1.807) is 6.07 Å². The molecule has 0 fully saturated rings. The van der Waals surface area contributed by atoms with Crippen LogP contribution in [0.2, 0.25) is 0 Å². The van der Waals surface area contributed by atoms with E-state index in [2.05, 4.69) is 21.6 Å². The second-order valence-electron chi connectivity index (χ2n) is 8.44. The monoisotopic (exact) mass is 556 g/mol. The third kappa shape index (κ3) is 5.45. The van der Waals surface area contributed by atoms with Gasteiger partial charge in [0.2, 0.25) is 0 Å². The van der Waals surface area contributed by atoms with Gasteiger partial charge in [0.1, 0.15) is 0 Å². The SMILES string of the molecule is CNc1ccc(-c2ccc(N=Nc3c(OS(=O)O)cc4cc(S(=O)(=O)O)cc(N)c4c3O)c(C)c2)cc1C. The van der Waals surface area contributed by atoms with Gasteiger partial charge in [-0.3, -0.25) is 9.11 Å². The van der Waals surface area contributed by atoms with E-state index < -0.39 is 32.1 Å². The summed E-state index contributed by atoms with van der Waals surface area (Å²) in [5.74, 6) is -0.915. The molecule has 1 atom stereocenters. The van der Waals surface area contributed by atoms with E-state index in [1.165, 1.54) is 0 Å². The highest BCUT2D eigenvalue weighted by atomic mass is 32.2. The van der Waals surface area contributed by atoms with Crippen molar-refractivity contribution in [2.24, 2.45) is 10.2 Å². The van der Waals surface area contributed by atoms with Crippen LogP contribution in [0.1, 0.15) is 11.1 Å². The number of fused-ring (bicyclic) bond motifs is 1. The first-order valence-corrected chi connectivity index (χ1v) is 13.5. The fraction of sp³-hybridized carbons (Fsp3) is 0.120. The van der Waals surface area contributed by atoms with Crippen LogP contribution in [-0.4, -0.2) is 33.9 Å². The van der Waals surface area contributed by atoms with Crippen LogP contribution in [0.15, 0.2) is 69.7 Å². The molecule has 4 aromatic carbocycles. The Morgan fingerprint density at radius 2 is 1.63 bits per heavy atom. The van der Waals surface area contributed by atoms with Crippen molar-refractivity contribution in [3.05, 3.63) is 65.7 Å². The van der Waals surface area contributed by atoms with Crippen LogP contribution in [0.4, 0.5) is 22.7 Å². The van der Waals surface area contributed by atoms with Crippen LogP contribution < -0.4 is 15.2 Å². The average molecular weight is 557 g/mol. The molecular formula is C25H24N4O7S2. The standard InChI is InChI=1S/C25H24N4O7S2/c1-13-8-15(4-6-20(13)27-3)16-5-7-21(14(2)9-16)28-29-24-22(36-37(31)32)11-17-10-18(38(33,34)35)12-19(26)23(17)25(24)30/h4-12,27,30H,26H2,1-3H3,(H,31,32)(H,33,34,35). The molecule has 198 valence electrons. The highest BCUT2D eigenvalue weighted by Gasteiger charge is 2.21. The summed E-state index contributed by atoms with van der Waals surface area (Å²) in [4.78, 5) is -0.529. The molecule has 0 bridgehead atoms. The van der Waals surface area contributed by atoms with Crippen LogP contribution in [0.5, 0.6) is 11.5 Å². The molecule has 1 unspecified atom stereocenters. The number of aromatic hydroxyl groups is 1. The molecule has 13 heteroatoms. The average Bonchev–Trinajstić information content (AvgIpc) is 2.83. The Morgan fingerprint density at radius 1 is 0.974 bits per heavy atom.